The number of carbonyl (C=O) groups is 1. The van der Waals surface area contributed by atoms with E-state index in [1.54, 1.807) is 0 Å². The molecule has 0 aliphatic carbocycles. The van der Waals surface area contributed by atoms with Crippen LogP contribution >= 0.6 is 0 Å². The number of anilines is 1. The summed E-state index contributed by atoms with van der Waals surface area (Å²) in [7, 11) is 0. The van der Waals surface area contributed by atoms with Crippen molar-refractivity contribution in [1.29, 1.82) is 5.26 Å². The quantitative estimate of drug-likeness (QED) is 0.812. The van der Waals surface area contributed by atoms with Crippen molar-refractivity contribution in [2.24, 2.45) is 0 Å². The smallest absolute Gasteiger partial charge is 0.234 e. The summed E-state index contributed by atoms with van der Waals surface area (Å²) >= 11 is 0. The molecule has 2 fully saturated rings. The molecule has 0 aromatic carbocycles. The third kappa shape index (κ3) is 2.32. The molecule has 6 heteroatoms. The molecule has 1 amide bonds. The molecule has 0 unspecified atom stereocenters. The zero-order chi connectivity index (χ0) is 14.1. The molecule has 0 saturated carbocycles. The first kappa shape index (κ1) is 12.9. The molecule has 2 saturated heterocycles. The van der Waals surface area contributed by atoms with Crippen LogP contribution in [0.15, 0.2) is 12.1 Å². The van der Waals surface area contributed by atoms with Gasteiger partial charge in [-0.15, -0.1) is 0 Å². The lowest BCUT2D eigenvalue weighted by atomic mass is 10.0. The lowest BCUT2D eigenvalue weighted by molar-refractivity contribution is -0.125. The zero-order valence-electron chi connectivity index (χ0n) is 11.5. The van der Waals surface area contributed by atoms with E-state index < -0.39 is 0 Å². The van der Waals surface area contributed by atoms with Gasteiger partial charge in [-0.1, -0.05) is 0 Å². The number of aromatic nitrogens is 1. The molecule has 6 nitrogen and oxygen atoms in total. The highest BCUT2D eigenvalue weighted by Crippen LogP contribution is 2.25. The van der Waals surface area contributed by atoms with Gasteiger partial charge in [0.2, 0.25) is 5.91 Å². The molecule has 0 radical (unpaired) electrons. The summed E-state index contributed by atoms with van der Waals surface area (Å²) in [5.41, 5.74) is 1.53. The molecule has 1 aromatic heterocycles. The Morgan fingerprint density at radius 1 is 1.45 bits per heavy atom. The maximum absolute atomic E-state index is 11.4. The van der Waals surface area contributed by atoms with Gasteiger partial charge in [-0.3, -0.25) is 9.69 Å². The van der Waals surface area contributed by atoms with E-state index in [4.69, 9.17) is 5.26 Å². The predicted molar refractivity (Wildman–Crippen MR) is 74.3 cm³/mol. The van der Waals surface area contributed by atoms with Crippen LogP contribution in [0.2, 0.25) is 0 Å². The standard InChI is InChI=1S/C14H17N5O/c1-10-2-3-11(6-15)14(17-10)19-7-12(8-19)18-5-4-16-13(20)9-18/h2-3,12H,4-5,7-9H2,1H3,(H,16,20). The largest absolute Gasteiger partial charge is 0.354 e. The molecular weight excluding hydrogens is 254 g/mol. The number of piperazine rings is 1. The van der Waals surface area contributed by atoms with Crippen molar-refractivity contribution < 1.29 is 4.79 Å². The molecule has 104 valence electrons. The molecule has 20 heavy (non-hydrogen) atoms. The Kier molecular flexibility index (Phi) is 3.28. The predicted octanol–water partition coefficient (Wildman–Crippen LogP) is -0.118. The van der Waals surface area contributed by atoms with Crippen molar-refractivity contribution in [3.05, 3.63) is 23.4 Å². The van der Waals surface area contributed by atoms with Crippen molar-refractivity contribution in [3.8, 4) is 6.07 Å². The number of rotatable bonds is 2. The van der Waals surface area contributed by atoms with Gasteiger partial charge in [-0.05, 0) is 19.1 Å². The number of hydrogen-bond donors (Lipinski definition) is 1. The van der Waals surface area contributed by atoms with E-state index in [-0.39, 0.29) is 5.91 Å². The summed E-state index contributed by atoms with van der Waals surface area (Å²) < 4.78 is 0. The van der Waals surface area contributed by atoms with Crippen LogP contribution < -0.4 is 10.2 Å². The molecule has 0 spiro atoms. The van der Waals surface area contributed by atoms with Gasteiger partial charge in [-0.25, -0.2) is 4.98 Å². The second-order valence-corrected chi connectivity index (χ2v) is 5.31. The summed E-state index contributed by atoms with van der Waals surface area (Å²) in [6, 6.07) is 6.25. The number of nitrogens with one attached hydrogen (secondary N) is 1. The summed E-state index contributed by atoms with van der Waals surface area (Å²) in [4.78, 5) is 20.2. The highest BCUT2D eigenvalue weighted by molar-refractivity contribution is 5.78. The topological polar surface area (TPSA) is 72.3 Å². The monoisotopic (exact) mass is 271 g/mol. The average molecular weight is 271 g/mol. The van der Waals surface area contributed by atoms with Gasteiger partial charge in [0.1, 0.15) is 11.9 Å². The molecule has 1 aromatic rings. The fourth-order valence-corrected chi connectivity index (χ4v) is 2.70. The van der Waals surface area contributed by atoms with E-state index >= 15 is 0 Å². The van der Waals surface area contributed by atoms with E-state index in [1.165, 1.54) is 0 Å². The molecular formula is C14H17N5O. The highest BCUT2D eigenvalue weighted by Gasteiger charge is 2.35. The minimum absolute atomic E-state index is 0.0982. The molecule has 0 bridgehead atoms. The van der Waals surface area contributed by atoms with Gasteiger partial charge in [0.05, 0.1) is 12.1 Å². The van der Waals surface area contributed by atoms with Crippen molar-refractivity contribution in [3.63, 3.8) is 0 Å². The van der Waals surface area contributed by atoms with Gasteiger partial charge in [0, 0.05) is 37.9 Å². The molecule has 1 N–H and O–H groups in total. The van der Waals surface area contributed by atoms with Crippen LogP contribution in [0.3, 0.4) is 0 Å². The minimum atomic E-state index is 0.0982. The Morgan fingerprint density at radius 2 is 2.25 bits per heavy atom. The highest BCUT2D eigenvalue weighted by atomic mass is 16.2. The number of amides is 1. The number of nitrogens with zero attached hydrogens (tertiary/aromatic N) is 4. The van der Waals surface area contributed by atoms with Crippen molar-refractivity contribution in [1.82, 2.24) is 15.2 Å². The van der Waals surface area contributed by atoms with Crippen LogP contribution in [-0.4, -0.2) is 54.6 Å². The minimum Gasteiger partial charge on any atom is -0.354 e. The van der Waals surface area contributed by atoms with Gasteiger partial charge < -0.3 is 10.2 Å². The van der Waals surface area contributed by atoms with Crippen LogP contribution in [0.25, 0.3) is 0 Å². The molecule has 0 atom stereocenters. The molecule has 2 aliphatic heterocycles. The van der Waals surface area contributed by atoms with E-state index in [2.05, 4.69) is 26.2 Å². The summed E-state index contributed by atoms with van der Waals surface area (Å²) in [5, 5.41) is 12.0. The third-order valence-corrected chi connectivity index (χ3v) is 3.88. The Morgan fingerprint density at radius 3 is 2.95 bits per heavy atom. The average Bonchev–Trinajstić information content (AvgIpc) is 2.37. The summed E-state index contributed by atoms with van der Waals surface area (Å²) in [6.07, 6.45) is 0. The number of nitriles is 1. The maximum Gasteiger partial charge on any atom is 0.234 e. The zero-order valence-corrected chi connectivity index (χ0v) is 11.5. The first-order chi connectivity index (χ1) is 9.67. The van der Waals surface area contributed by atoms with Crippen molar-refractivity contribution in [2.45, 2.75) is 13.0 Å². The molecule has 3 rings (SSSR count). The lowest BCUT2D eigenvalue weighted by Gasteiger charge is -2.47. The maximum atomic E-state index is 11.4. The third-order valence-electron chi connectivity index (χ3n) is 3.88. The fraction of sp³-hybridized carbons (Fsp3) is 0.500. The number of pyridine rings is 1. The van der Waals surface area contributed by atoms with E-state index in [0.717, 1.165) is 37.7 Å². The van der Waals surface area contributed by atoms with Crippen LogP contribution in [0.1, 0.15) is 11.3 Å². The number of hydrogen-bond acceptors (Lipinski definition) is 5. The van der Waals surface area contributed by atoms with Crippen LogP contribution in [0.5, 0.6) is 0 Å². The van der Waals surface area contributed by atoms with E-state index in [9.17, 15) is 4.79 Å². The van der Waals surface area contributed by atoms with Crippen LogP contribution in [0.4, 0.5) is 5.82 Å². The number of aryl methyl sites for hydroxylation is 1. The number of carbonyl (C=O) groups excluding carboxylic acids is 1. The Bertz CT molecular complexity index is 573. The van der Waals surface area contributed by atoms with Gasteiger partial charge in [-0.2, -0.15) is 5.26 Å². The van der Waals surface area contributed by atoms with E-state index in [0.29, 0.717) is 18.2 Å². The second-order valence-electron chi connectivity index (χ2n) is 5.31. The molecule has 3 heterocycles. The van der Waals surface area contributed by atoms with Gasteiger partial charge in [0.15, 0.2) is 0 Å². The summed E-state index contributed by atoms with van der Waals surface area (Å²) in [6.45, 7) is 5.69. The summed E-state index contributed by atoms with van der Waals surface area (Å²) in [5.74, 6) is 0.867. The fourth-order valence-electron chi connectivity index (χ4n) is 2.70. The normalized spacial score (nSPS) is 20.2. The van der Waals surface area contributed by atoms with Gasteiger partial charge in [0.25, 0.3) is 0 Å². The Hall–Kier alpha value is -2.13. The first-order valence-electron chi connectivity index (χ1n) is 6.81. The van der Waals surface area contributed by atoms with Crippen molar-refractivity contribution in [2.75, 3.05) is 37.6 Å². The van der Waals surface area contributed by atoms with Crippen LogP contribution in [-0.2, 0) is 4.79 Å². The van der Waals surface area contributed by atoms with Gasteiger partial charge >= 0.3 is 0 Å². The van der Waals surface area contributed by atoms with Crippen molar-refractivity contribution >= 4 is 11.7 Å². The SMILES string of the molecule is Cc1ccc(C#N)c(N2CC(N3CCNC(=O)C3)C2)n1. The van der Waals surface area contributed by atoms with E-state index in [1.807, 2.05) is 19.1 Å². The Labute approximate surface area is 118 Å². The first-order valence-corrected chi connectivity index (χ1v) is 6.81. The lowest BCUT2D eigenvalue weighted by Crippen LogP contribution is -2.64. The molecule has 2 aliphatic rings. The van der Waals surface area contributed by atoms with Crippen LogP contribution in [0, 0.1) is 18.3 Å². The Balaban J connectivity index is 1.67. The second kappa shape index (κ2) is 5.10.